The van der Waals surface area contributed by atoms with Crippen molar-refractivity contribution in [2.45, 2.75) is 39.2 Å². The summed E-state index contributed by atoms with van der Waals surface area (Å²) in [6, 6.07) is 23.0. The van der Waals surface area contributed by atoms with Gasteiger partial charge in [0.2, 0.25) is 5.91 Å². The molecule has 3 aromatic rings. The molecule has 0 aliphatic carbocycles. The molecule has 1 N–H and O–H groups in total. The van der Waals surface area contributed by atoms with E-state index in [2.05, 4.69) is 10.3 Å². The van der Waals surface area contributed by atoms with Gasteiger partial charge in [-0.25, -0.2) is 0 Å². The third kappa shape index (κ3) is 9.88. The van der Waals surface area contributed by atoms with Gasteiger partial charge in [0, 0.05) is 30.4 Å². The molecule has 0 spiro atoms. The van der Waals surface area contributed by atoms with Crippen LogP contribution in [0.1, 0.15) is 36.5 Å². The fourth-order valence-electron chi connectivity index (χ4n) is 4.10. The van der Waals surface area contributed by atoms with E-state index in [0.717, 1.165) is 16.7 Å². The molecule has 0 aliphatic rings. The van der Waals surface area contributed by atoms with Crippen LogP contribution in [0.2, 0.25) is 0 Å². The molecule has 1 aromatic heterocycles. The Morgan fingerprint density at radius 1 is 0.811 bits per heavy atom. The molecule has 0 radical (unpaired) electrons. The second-order valence-corrected chi connectivity index (χ2v) is 8.82. The first-order valence-electron chi connectivity index (χ1n) is 12.6. The van der Waals surface area contributed by atoms with E-state index in [-0.39, 0.29) is 38.1 Å². The summed E-state index contributed by atoms with van der Waals surface area (Å²) in [6.07, 6.45) is 4.63. The Labute approximate surface area is 218 Å². The van der Waals surface area contributed by atoms with Gasteiger partial charge in [-0.15, -0.1) is 0 Å². The zero-order valence-electron chi connectivity index (χ0n) is 21.2. The molecule has 2 atom stereocenters. The van der Waals surface area contributed by atoms with Gasteiger partial charge in [0.05, 0.1) is 18.9 Å². The smallest absolute Gasteiger partial charge is 0.309 e. The normalized spacial score (nSPS) is 12.2. The highest BCUT2D eigenvalue weighted by atomic mass is 16.5. The number of nitrogens with zero attached hydrogens (tertiary/aromatic N) is 1. The quantitative estimate of drug-likeness (QED) is 0.330. The summed E-state index contributed by atoms with van der Waals surface area (Å²) in [7, 11) is 0. The van der Waals surface area contributed by atoms with Crippen LogP contribution in [-0.4, -0.2) is 36.0 Å². The van der Waals surface area contributed by atoms with Gasteiger partial charge < -0.3 is 14.8 Å². The van der Waals surface area contributed by atoms with Gasteiger partial charge in [-0.2, -0.15) is 0 Å². The highest BCUT2D eigenvalue weighted by molar-refractivity contribution is 5.81. The zero-order chi connectivity index (χ0) is 26.3. The monoisotopic (exact) mass is 502 g/mol. The Balaban J connectivity index is 1.62. The van der Waals surface area contributed by atoms with Crippen molar-refractivity contribution in [3.8, 4) is 0 Å². The molecule has 37 heavy (non-hydrogen) atoms. The Bertz CT molecular complexity index is 1110. The summed E-state index contributed by atoms with van der Waals surface area (Å²) >= 11 is 0. The van der Waals surface area contributed by atoms with Crippen molar-refractivity contribution < 1.29 is 23.9 Å². The first-order chi connectivity index (χ1) is 18.0. The van der Waals surface area contributed by atoms with E-state index >= 15 is 0 Å². The molecular weight excluding hydrogens is 468 g/mol. The number of aromatic nitrogens is 1. The summed E-state index contributed by atoms with van der Waals surface area (Å²) in [4.78, 5) is 42.2. The predicted molar refractivity (Wildman–Crippen MR) is 140 cm³/mol. The fourth-order valence-corrected chi connectivity index (χ4v) is 4.10. The van der Waals surface area contributed by atoms with Crippen molar-refractivity contribution >= 4 is 17.8 Å². The molecule has 0 fully saturated rings. The molecule has 0 saturated carbocycles. The highest BCUT2D eigenvalue weighted by Gasteiger charge is 2.29. The Morgan fingerprint density at radius 3 is 2.03 bits per heavy atom. The van der Waals surface area contributed by atoms with Crippen molar-refractivity contribution in [2.24, 2.45) is 11.8 Å². The molecule has 7 nitrogen and oxygen atoms in total. The van der Waals surface area contributed by atoms with Gasteiger partial charge in [0.15, 0.2) is 0 Å². The molecule has 0 aliphatic heterocycles. The third-order valence-electron chi connectivity index (χ3n) is 5.96. The standard InChI is InChI=1S/C30H34N2O5/c1-2-36-30(35)27(19-24-12-7-4-8-13-24)20-26(18-23-10-5-3-6-11-23)29(34)32-17-15-28(33)37-22-25-14-9-16-31-21-25/h3-14,16,21,26-27H,2,15,17-20,22H2,1H3,(H,32,34)/t26?,27-/m0/s1. The number of ether oxygens (including phenoxy) is 2. The maximum atomic E-state index is 13.3. The summed E-state index contributed by atoms with van der Waals surface area (Å²) in [6.45, 7) is 2.34. The lowest BCUT2D eigenvalue weighted by Gasteiger charge is -2.22. The average Bonchev–Trinajstić information content (AvgIpc) is 2.93. The number of nitrogens with one attached hydrogen (secondary N) is 1. The molecule has 194 valence electrons. The summed E-state index contributed by atoms with van der Waals surface area (Å²) in [5.74, 6) is -1.85. The molecule has 0 saturated heterocycles. The van der Waals surface area contributed by atoms with E-state index in [0.29, 0.717) is 19.3 Å². The van der Waals surface area contributed by atoms with Crippen molar-refractivity contribution in [3.63, 3.8) is 0 Å². The number of rotatable bonds is 14. The van der Waals surface area contributed by atoms with E-state index in [4.69, 9.17) is 9.47 Å². The molecule has 0 bridgehead atoms. The lowest BCUT2D eigenvalue weighted by molar-refractivity contribution is -0.149. The van der Waals surface area contributed by atoms with E-state index in [1.165, 1.54) is 0 Å². The highest BCUT2D eigenvalue weighted by Crippen LogP contribution is 2.23. The van der Waals surface area contributed by atoms with Gasteiger partial charge in [-0.1, -0.05) is 66.7 Å². The van der Waals surface area contributed by atoms with Crippen molar-refractivity contribution in [1.29, 1.82) is 0 Å². The number of pyridine rings is 1. The lowest BCUT2D eigenvalue weighted by atomic mass is 9.85. The molecule has 7 heteroatoms. The Hall–Kier alpha value is -4.00. The zero-order valence-corrected chi connectivity index (χ0v) is 21.2. The van der Waals surface area contributed by atoms with Crippen LogP contribution < -0.4 is 5.32 Å². The van der Waals surface area contributed by atoms with Crippen molar-refractivity contribution in [1.82, 2.24) is 10.3 Å². The van der Waals surface area contributed by atoms with Crippen LogP contribution in [-0.2, 0) is 43.3 Å². The van der Waals surface area contributed by atoms with Gasteiger partial charge in [-0.3, -0.25) is 19.4 Å². The maximum Gasteiger partial charge on any atom is 0.309 e. The molecule has 2 aromatic carbocycles. The van der Waals surface area contributed by atoms with Crippen LogP contribution in [0.25, 0.3) is 0 Å². The van der Waals surface area contributed by atoms with Gasteiger partial charge in [-0.05, 0) is 43.4 Å². The predicted octanol–water partition coefficient (Wildman–Crippen LogP) is 4.30. The number of benzene rings is 2. The van der Waals surface area contributed by atoms with Crippen LogP contribution in [0.4, 0.5) is 0 Å². The molecule has 1 amide bonds. The second-order valence-electron chi connectivity index (χ2n) is 8.82. The number of hydrogen-bond donors (Lipinski definition) is 1. The Kier molecular flexibility index (Phi) is 11.3. The van der Waals surface area contributed by atoms with E-state index < -0.39 is 17.8 Å². The molecule has 3 rings (SSSR count). The van der Waals surface area contributed by atoms with Crippen molar-refractivity contribution in [3.05, 3.63) is 102 Å². The first-order valence-corrected chi connectivity index (χ1v) is 12.6. The maximum absolute atomic E-state index is 13.3. The number of esters is 2. The SMILES string of the molecule is CCOC(=O)[C@@H](Cc1ccccc1)CC(Cc1ccccc1)C(=O)NCCC(=O)OCc1cccnc1. The van der Waals surface area contributed by atoms with Crippen molar-refractivity contribution in [2.75, 3.05) is 13.2 Å². The van der Waals surface area contributed by atoms with Crippen LogP contribution in [0, 0.1) is 11.8 Å². The molecule has 1 unspecified atom stereocenters. The summed E-state index contributed by atoms with van der Waals surface area (Å²) < 4.78 is 10.6. The molecule has 1 heterocycles. The minimum atomic E-state index is -0.466. The van der Waals surface area contributed by atoms with E-state index in [9.17, 15) is 14.4 Å². The fraction of sp³-hybridized carbons (Fsp3) is 0.333. The topological polar surface area (TPSA) is 94.6 Å². The number of amides is 1. The van der Waals surface area contributed by atoms with E-state index in [1.54, 1.807) is 25.4 Å². The van der Waals surface area contributed by atoms with Crippen LogP contribution in [0.15, 0.2) is 85.2 Å². The van der Waals surface area contributed by atoms with Gasteiger partial charge in [0.1, 0.15) is 6.61 Å². The first kappa shape index (κ1) is 27.6. The van der Waals surface area contributed by atoms with E-state index in [1.807, 2.05) is 66.7 Å². The largest absolute Gasteiger partial charge is 0.466 e. The molecular formula is C30H34N2O5. The van der Waals surface area contributed by atoms with Gasteiger partial charge in [0.25, 0.3) is 0 Å². The average molecular weight is 503 g/mol. The summed E-state index contributed by atoms with van der Waals surface area (Å²) in [5, 5.41) is 2.87. The van der Waals surface area contributed by atoms with Crippen LogP contribution in [0.3, 0.4) is 0 Å². The minimum Gasteiger partial charge on any atom is -0.466 e. The lowest BCUT2D eigenvalue weighted by Crippen LogP contribution is -2.36. The number of carbonyl (C=O) groups is 3. The second kappa shape index (κ2) is 15.2. The van der Waals surface area contributed by atoms with Crippen LogP contribution >= 0.6 is 0 Å². The van der Waals surface area contributed by atoms with Gasteiger partial charge >= 0.3 is 11.9 Å². The minimum absolute atomic E-state index is 0.0510. The number of hydrogen-bond acceptors (Lipinski definition) is 6. The Morgan fingerprint density at radius 2 is 1.43 bits per heavy atom. The third-order valence-corrected chi connectivity index (χ3v) is 5.96. The number of carbonyl (C=O) groups excluding carboxylic acids is 3. The van der Waals surface area contributed by atoms with Crippen LogP contribution in [0.5, 0.6) is 0 Å². The summed E-state index contributed by atoms with van der Waals surface area (Å²) in [5.41, 5.74) is 2.81.